The van der Waals surface area contributed by atoms with Gasteiger partial charge in [0.15, 0.2) is 0 Å². The smallest absolute Gasteiger partial charge is 0.243 e. The average Bonchev–Trinajstić information content (AvgIpc) is 3.09. The lowest BCUT2D eigenvalue weighted by Gasteiger charge is -2.36. The number of imidazole rings is 1. The normalized spacial score (nSPS) is 17.7. The van der Waals surface area contributed by atoms with Gasteiger partial charge in [0, 0.05) is 31.9 Å². The third-order valence-corrected chi connectivity index (χ3v) is 5.11. The molecule has 0 saturated carbocycles. The molecule has 140 valence electrons. The van der Waals surface area contributed by atoms with Crippen molar-refractivity contribution in [3.63, 3.8) is 0 Å². The fourth-order valence-electron chi connectivity index (χ4n) is 3.82. The summed E-state index contributed by atoms with van der Waals surface area (Å²) < 4.78 is 1.98. The topological polar surface area (TPSA) is 41.4 Å². The van der Waals surface area contributed by atoms with Crippen LogP contribution in [0.1, 0.15) is 49.2 Å². The van der Waals surface area contributed by atoms with Crippen molar-refractivity contribution in [2.75, 3.05) is 20.6 Å². The zero-order valence-corrected chi connectivity index (χ0v) is 16.2. The average molecular weight is 354 g/mol. The molecule has 1 aliphatic rings. The highest BCUT2D eigenvalue weighted by molar-refractivity contribution is 5.76. The molecule has 0 N–H and O–H groups in total. The van der Waals surface area contributed by atoms with Gasteiger partial charge in [0.2, 0.25) is 5.91 Å². The summed E-state index contributed by atoms with van der Waals surface area (Å²) in [6.45, 7) is 4.24. The standard InChI is InChI=1S/C21H30N4O/c1-4-20-22-12-14-24(20)16-21(26)25-13-6-5-7-19(25)18-10-8-17(9-11-18)15-23(2)3/h8-12,14,19H,4-7,13,15-16H2,1-3H3/t19-/m0/s1. The molecule has 0 aliphatic carbocycles. The molecule has 5 nitrogen and oxygen atoms in total. The third-order valence-electron chi connectivity index (χ3n) is 5.11. The molecule has 0 unspecified atom stereocenters. The number of aryl methyl sites for hydroxylation is 1. The van der Waals surface area contributed by atoms with Crippen LogP contribution in [0.15, 0.2) is 36.7 Å². The van der Waals surface area contributed by atoms with E-state index in [1.165, 1.54) is 17.5 Å². The van der Waals surface area contributed by atoms with Crippen molar-refractivity contribution in [3.05, 3.63) is 53.6 Å². The number of nitrogens with zero attached hydrogens (tertiary/aromatic N) is 4. The number of amides is 1. The van der Waals surface area contributed by atoms with Crippen LogP contribution in [0.2, 0.25) is 0 Å². The summed E-state index contributed by atoms with van der Waals surface area (Å²) in [7, 11) is 4.16. The minimum atomic E-state index is 0.193. The quantitative estimate of drug-likeness (QED) is 0.799. The Morgan fingerprint density at radius 2 is 2.00 bits per heavy atom. The molecule has 2 heterocycles. The first-order valence-electron chi connectivity index (χ1n) is 9.61. The molecular formula is C21H30N4O. The summed E-state index contributed by atoms with van der Waals surface area (Å²) in [6.07, 6.45) is 7.85. The van der Waals surface area contributed by atoms with Gasteiger partial charge in [0.1, 0.15) is 12.4 Å². The summed E-state index contributed by atoms with van der Waals surface area (Å²) in [5.41, 5.74) is 2.56. The van der Waals surface area contributed by atoms with Gasteiger partial charge in [-0.1, -0.05) is 31.2 Å². The Kier molecular flexibility index (Phi) is 6.09. The number of carbonyl (C=O) groups excluding carboxylic acids is 1. The second-order valence-electron chi connectivity index (χ2n) is 7.40. The molecule has 2 aromatic rings. The molecule has 1 atom stereocenters. The van der Waals surface area contributed by atoms with Crippen LogP contribution in [0.25, 0.3) is 0 Å². The van der Waals surface area contributed by atoms with Gasteiger partial charge in [-0.2, -0.15) is 0 Å². The minimum Gasteiger partial charge on any atom is -0.334 e. The van der Waals surface area contributed by atoms with Crippen LogP contribution in [0, 0.1) is 0 Å². The van der Waals surface area contributed by atoms with Gasteiger partial charge in [-0.3, -0.25) is 4.79 Å². The predicted octanol–water partition coefficient (Wildman–Crippen LogP) is 3.26. The fraction of sp³-hybridized carbons (Fsp3) is 0.524. The van der Waals surface area contributed by atoms with E-state index in [1.54, 1.807) is 6.20 Å². The molecule has 5 heteroatoms. The number of likely N-dealkylation sites (tertiary alicyclic amines) is 1. The van der Waals surface area contributed by atoms with Gasteiger partial charge in [-0.15, -0.1) is 0 Å². The van der Waals surface area contributed by atoms with Crippen molar-refractivity contribution in [1.29, 1.82) is 0 Å². The van der Waals surface area contributed by atoms with Gasteiger partial charge >= 0.3 is 0 Å². The maximum absolute atomic E-state index is 13.0. The summed E-state index contributed by atoms with van der Waals surface area (Å²) in [5.74, 6) is 1.17. The molecule has 1 amide bonds. The summed E-state index contributed by atoms with van der Waals surface area (Å²) in [4.78, 5) is 21.6. The van der Waals surface area contributed by atoms with E-state index in [4.69, 9.17) is 0 Å². The number of aromatic nitrogens is 2. The summed E-state index contributed by atoms with van der Waals surface area (Å²) in [5, 5.41) is 0. The van der Waals surface area contributed by atoms with E-state index in [0.717, 1.165) is 38.2 Å². The van der Waals surface area contributed by atoms with Gasteiger partial charge in [0.05, 0.1) is 6.04 Å². The van der Waals surface area contributed by atoms with Crippen molar-refractivity contribution >= 4 is 5.91 Å². The van der Waals surface area contributed by atoms with Crippen LogP contribution in [0.3, 0.4) is 0 Å². The van der Waals surface area contributed by atoms with Crippen LogP contribution in [0.4, 0.5) is 0 Å². The van der Waals surface area contributed by atoms with Crippen molar-refractivity contribution < 1.29 is 4.79 Å². The second kappa shape index (κ2) is 8.49. The lowest BCUT2D eigenvalue weighted by atomic mass is 9.94. The molecule has 0 spiro atoms. The lowest BCUT2D eigenvalue weighted by molar-refractivity contribution is -0.135. The van der Waals surface area contributed by atoms with Crippen molar-refractivity contribution in [3.8, 4) is 0 Å². The lowest BCUT2D eigenvalue weighted by Crippen LogP contribution is -2.40. The molecule has 1 saturated heterocycles. The van der Waals surface area contributed by atoms with E-state index in [-0.39, 0.29) is 11.9 Å². The number of carbonyl (C=O) groups is 1. The van der Waals surface area contributed by atoms with E-state index in [2.05, 4.69) is 60.1 Å². The number of rotatable bonds is 6. The molecule has 0 bridgehead atoms. The SMILES string of the molecule is CCc1nccn1CC(=O)N1CCCC[C@H]1c1ccc(CN(C)C)cc1. The van der Waals surface area contributed by atoms with E-state index in [0.29, 0.717) is 6.54 Å². The Morgan fingerprint density at radius 3 is 2.69 bits per heavy atom. The van der Waals surface area contributed by atoms with E-state index >= 15 is 0 Å². The monoisotopic (exact) mass is 354 g/mol. The summed E-state index contributed by atoms with van der Waals surface area (Å²) in [6, 6.07) is 8.97. The zero-order valence-electron chi connectivity index (χ0n) is 16.2. The van der Waals surface area contributed by atoms with E-state index in [9.17, 15) is 4.79 Å². The number of benzene rings is 1. The van der Waals surface area contributed by atoms with Crippen molar-refractivity contribution in [2.45, 2.75) is 51.7 Å². The highest BCUT2D eigenvalue weighted by Crippen LogP contribution is 2.31. The Hall–Kier alpha value is -2.14. The second-order valence-corrected chi connectivity index (χ2v) is 7.40. The Balaban J connectivity index is 1.74. The first-order valence-corrected chi connectivity index (χ1v) is 9.61. The molecular weight excluding hydrogens is 324 g/mol. The first-order chi connectivity index (χ1) is 12.6. The largest absolute Gasteiger partial charge is 0.334 e. The summed E-state index contributed by atoms with van der Waals surface area (Å²) >= 11 is 0. The first kappa shape index (κ1) is 18.6. The van der Waals surface area contributed by atoms with Gasteiger partial charge in [-0.05, 0) is 44.5 Å². The molecule has 1 fully saturated rings. The zero-order chi connectivity index (χ0) is 18.5. The molecule has 1 aromatic carbocycles. The van der Waals surface area contributed by atoms with Crippen LogP contribution >= 0.6 is 0 Å². The van der Waals surface area contributed by atoms with E-state index in [1.807, 2.05) is 10.8 Å². The number of hydrogen-bond donors (Lipinski definition) is 0. The minimum absolute atomic E-state index is 0.193. The molecule has 1 aromatic heterocycles. The predicted molar refractivity (Wildman–Crippen MR) is 104 cm³/mol. The van der Waals surface area contributed by atoms with Crippen LogP contribution in [-0.2, 0) is 24.3 Å². The maximum atomic E-state index is 13.0. The van der Waals surface area contributed by atoms with Gasteiger partial charge < -0.3 is 14.4 Å². The van der Waals surface area contributed by atoms with Gasteiger partial charge in [-0.25, -0.2) is 4.98 Å². The van der Waals surface area contributed by atoms with Crippen LogP contribution in [0.5, 0.6) is 0 Å². The van der Waals surface area contributed by atoms with Crippen molar-refractivity contribution in [2.24, 2.45) is 0 Å². The Labute approximate surface area is 156 Å². The molecule has 3 rings (SSSR count). The Morgan fingerprint density at radius 1 is 1.23 bits per heavy atom. The van der Waals surface area contributed by atoms with Crippen molar-refractivity contribution in [1.82, 2.24) is 19.4 Å². The number of piperidine rings is 1. The fourth-order valence-corrected chi connectivity index (χ4v) is 3.82. The van der Waals surface area contributed by atoms with E-state index < -0.39 is 0 Å². The maximum Gasteiger partial charge on any atom is 0.243 e. The molecule has 1 aliphatic heterocycles. The number of hydrogen-bond acceptors (Lipinski definition) is 3. The van der Waals surface area contributed by atoms with Gasteiger partial charge in [0.25, 0.3) is 0 Å². The third kappa shape index (κ3) is 4.33. The van der Waals surface area contributed by atoms with Crippen LogP contribution < -0.4 is 0 Å². The Bertz CT molecular complexity index is 720. The van der Waals surface area contributed by atoms with Crippen LogP contribution in [-0.4, -0.2) is 45.9 Å². The highest BCUT2D eigenvalue weighted by Gasteiger charge is 2.28. The molecule has 26 heavy (non-hydrogen) atoms. The highest BCUT2D eigenvalue weighted by atomic mass is 16.2. The molecule has 0 radical (unpaired) electrons.